The molecule has 5 aromatic rings. The molecule has 0 aliphatic carbocycles. The van der Waals surface area contributed by atoms with Crippen LogP contribution in [0.4, 0.5) is 0 Å². The summed E-state index contributed by atoms with van der Waals surface area (Å²) in [7, 11) is 1.31. The minimum atomic E-state index is -0.464. The third-order valence-electron chi connectivity index (χ3n) is 5.38. The Morgan fingerprint density at radius 3 is 2.59 bits per heavy atom. The molecule has 0 spiro atoms. The van der Waals surface area contributed by atoms with E-state index in [4.69, 9.17) is 21.3 Å². The zero-order chi connectivity index (χ0) is 23.7. The van der Waals surface area contributed by atoms with Crippen LogP contribution in [-0.2, 0) is 16.1 Å². The molecule has 8 heteroatoms. The molecule has 6 nitrogen and oxygen atoms in total. The largest absolute Gasteiger partial charge is 0.468 e. The maximum absolute atomic E-state index is 13.5. The summed E-state index contributed by atoms with van der Waals surface area (Å²) in [5.41, 5.74) is 3.34. The van der Waals surface area contributed by atoms with E-state index >= 15 is 0 Å². The molecule has 3 aromatic carbocycles. The van der Waals surface area contributed by atoms with Crippen molar-refractivity contribution in [2.75, 3.05) is 7.11 Å². The van der Waals surface area contributed by atoms with Gasteiger partial charge in [-0.15, -0.1) is 0 Å². The van der Waals surface area contributed by atoms with Gasteiger partial charge in [-0.2, -0.15) is 4.99 Å². The van der Waals surface area contributed by atoms with E-state index in [-0.39, 0.29) is 6.54 Å². The summed E-state index contributed by atoms with van der Waals surface area (Å²) in [6, 6.07) is 24.3. The van der Waals surface area contributed by atoms with E-state index < -0.39 is 11.9 Å². The Hall–Kier alpha value is -3.81. The van der Waals surface area contributed by atoms with Crippen LogP contribution in [0, 0.1) is 0 Å². The second-order valence-electron chi connectivity index (χ2n) is 7.49. The Balaban J connectivity index is 1.71. The number of rotatable bonds is 4. The second-order valence-corrected chi connectivity index (χ2v) is 8.90. The van der Waals surface area contributed by atoms with E-state index in [1.807, 2.05) is 66.7 Å². The molecular weight excluding hydrogens is 470 g/mol. The Bertz CT molecular complexity index is 1620. The number of amides is 1. The average molecular weight is 488 g/mol. The van der Waals surface area contributed by atoms with Crippen LogP contribution in [0.15, 0.2) is 83.9 Å². The lowest BCUT2D eigenvalue weighted by Crippen LogP contribution is -2.22. The minimum Gasteiger partial charge on any atom is -0.468 e. The summed E-state index contributed by atoms with van der Waals surface area (Å²) >= 11 is 7.71. The number of hydrogen-bond acceptors (Lipinski definition) is 5. The molecule has 0 radical (unpaired) electrons. The van der Waals surface area contributed by atoms with Crippen LogP contribution in [0.25, 0.3) is 32.4 Å². The van der Waals surface area contributed by atoms with Crippen molar-refractivity contribution in [3.63, 3.8) is 0 Å². The predicted octanol–water partition coefficient (Wildman–Crippen LogP) is 5.49. The molecule has 0 saturated heterocycles. The Morgan fingerprint density at radius 1 is 1.03 bits per heavy atom. The molecule has 0 bridgehead atoms. The number of ether oxygens (including phenoxy) is 1. The van der Waals surface area contributed by atoms with Crippen molar-refractivity contribution in [3.8, 4) is 11.3 Å². The number of hydrogen-bond donors (Lipinski definition) is 0. The lowest BCUT2D eigenvalue weighted by molar-refractivity contribution is -0.141. The van der Waals surface area contributed by atoms with Crippen molar-refractivity contribution < 1.29 is 14.3 Å². The monoisotopic (exact) mass is 487 g/mol. The van der Waals surface area contributed by atoms with Gasteiger partial charge in [0.2, 0.25) is 0 Å². The number of thiazole rings is 1. The number of fused-ring (bicyclic) bond motifs is 2. The van der Waals surface area contributed by atoms with Crippen molar-refractivity contribution in [1.29, 1.82) is 0 Å². The molecule has 0 fully saturated rings. The Labute approximate surface area is 203 Å². The van der Waals surface area contributed by atoms with Crippen LogP contribution in [0.2, 0.25) is 5.02 Å². The molecule has 0 saturated carbocycles. The van der Waals surface area contributed by atoms with Crippen LogP contribution in [-0.4, -0.2) is 28.5 Å². The quantitative estimate of drug-likeness (QED) is 0.314. The van der Waals surface area contributed by atoms with Crippen LogP contribution in [0.1, 0.15) is 10.4 Å². The Kier molecular flexibility index (Phi) is 5.96. The molecule has 168 valence electrons. The van der Waals surface area contributed by atoms with E-state index in [1.54, 1.807) is 16.7 Å². The van der Waals surface area contributed by atoms with Gasteiger partial charge in [0.15, 0.2) is 4.80 Å². The Morgan fingerprint density at radius 2 is 1.79 bits per heavy atom. The normalized spacial score (nSPS) is 11.8. The van der Waals surface area contributed by atoms with Crippen molar-refractivity contribution in [2.45, 2.75) is 6.54 Å². The molecule has 0 N–H and O–H groups in total. The number of para-hydroxylation sites is 2. The third kappa shape index (κ3) is 4.11. The standard InChI is InChI=1S/C26H18ClN3O3S/c1-33-23(31)15-30-24-19(27)11-7-13-22(24)34-26(30)29-25(32)18-14-21(16-8-3-2-4-9-16)28-20-12-6-5-10-17(18)20/h2-14H,15H2,1H3. The zero-order valence-electron chi connectivity index (χ0n) is 18.1. The first-order valence-corrected chi connectivity index (χ1v) is 11.6. The number of carbonyl (C=O) groups is 2. The SMILES string of the molecule is COC(=O)Cn1c(=NC(=O)c2cc(-c3ccccc3)nc3ccccc23)sc2cccc(Cl)c21. The number of carbonyl (C=O) groups excluding carboxylic acids is 2. The van der Waals surface area contributed by atoms with Gasteiger partial charge < -0.3 is 9.30 Å². The van der Waals surface area contributed by atoms with Gasteiger partial charge in [0, 0.05) is 10.9 Å². The van der Waals surface area contributed by atoms with Crippen LogP contribution in [0.3, 0.4) is 0 Å². The highest BCUT2D eigenvalue weighted by Gasteiger charge is 2.17. The van der Waals surface area contributed by atoms with Gasteiger partial charge in [-0.3, -0.25) is 9.59 Å². The lowest BCUT2D eigenvalue weighted by atomic mass is 10.0. The van der Waals surface area contributed by atoms with Crippen molar-refractivity contribution >= 4 is 55.9 Å². The number of nitrogens with zero attached hydrogens (tertiary/aromatic N) is 3. The van der Waals surface area contributed by atoms with Crippen molar-refractivity contribution in [3.05, 3.63) is 94.3 Å². The fraction of sp³-hybridized carbons (Fsp3) is 0.0769. The van der Waals surface area contributed by atoms with Crippen LogP contribution in [0.5, 0.6) is 0 Å². The van der Waals surface area contributed by atoms with Crippen molar-refractivity contribution in [2.24, 2.45) is 4.99 Å². The number of benzene rings is 3. The molecule has 5 rings (SSSR count). The number of aromatic nitrogens is 2. The summed E-state index contributed by atoms with van der Waals surface area (Å²) in [6.07, 6.45) is 0. The van der Waals surface area contributed by atoms with Gasteiger partial charge >= 0.3 is 5.97 Å². The van der Waals surface area contributed by atoms with Crippen LogP contribution >= 0.6 is 22.9 Å². The number of methoxy groups -OCH3 is 1. The van der Waals surface area contributed by atoms with Crippen LogP contribution < -0.4 is 4.80 Å². The highest BCUT2D eigenvalue weighted by molar-refractivity contribution is 7.16. The van der Waals surface area contributed by atoms with Gasteiger partial charge in [0.25, 0.3) is 5.91 Å². The van der Waals surface area contributed by atoms with E-state index in [1.165, 1.54) is 18.4 Å². The molecule has 2 heterocycles. The van der Waals surface area contributed by atoms with Gasteiger partial charge in [0.05, 0.1) is 39.1 Å². The molecule has 2 aromatic heterocycles. The summed E-state index contributed by atoms with van der Waals surface area (Å²) in [4.78, 5) is 35.2. The van der Waals surface area contributed by atoms with Gasteiger partial charge in [-0.25, -0.2) is 4.98 Å². The molecule has 0 unspecified atom stereocenters. The fourth-order valence-corrected chi connectivity index (χ4v) is 5.16. The number of halogens is 1. The van der Waals surface area contributed by atoms with Crippen molar-refractivity contribution in [1.82, 2.24) is 9.55 Å². The first kappa shape index (κ1) is 22.0. The van der Waals surface area contributed by atoms with E-state index in [9.17, 15) is 9.59 Å². The van der Waals surface area contributed by atoms with Gasteiger partial charge in [0.1, 0.15) is 6.54 Å². The van der Waals surface area contributed by atoms with E-state index in [2.05, 4.69) is 4.99 Å². The third-order valence-corrected chi connectivity index (χ3v) is 6.73. The molecule has 34 heavy (non-hydrogen) atoms. The fourth-order valence-electron chi connectivity index (χ4n) is 3.77. The maximum atomic E-state index is 13.5. The van der Waals surface area contributed by atoms with Gasteiger partial charge in [-0.05, 0) is 24.3 Å². The number of esters is 1. The summed E-state index contributed by atoms with van der Waals surface area (Å²) in [5.74, 6) is -0.897. The first-order chi connectivity index (χ1) is 16.5. The smallest absolute Gasteiger partial charge is 0.325 e. The molecule has 0 aliphatic rings. The number of pyridine rings is 1. The second kappa shape index (κ2) is 9.21. The van der Waals surface area contributed by atoms with E-state index in [0.717, 1.165) is 10.3 Å². The molecule has 0 atom stereocenters. The topological polar surface area (TPSA) is 73.6 Å². The zero-order valence-corrected chi connectivity index (χ0v) is 19.6. The minimum absolute atomic E-state index is 0.112. The highest BCUT2D eigenvalue weighted by atomic mass is 35.5. The van der Waals surface area contributed by atoms with Gasteiger partial charge in [-0.1, -0.05) is 77.5 Å². The summed E-state index contributed by atoms with van der Waals surface area (Å²) in [6.45, 7) is -0.112. The molecular formula is C26H18ClN3O3S. The predicted molar refractivity (Wildman–Crippen MR) is 134 cm³/mol. The van der Waals surface area contributed by atoms with E-state index in [0.29, 0.717) is 37.5 Å². The molecule has 0 aliphatic heterocycles. The maximum Gasteiger partial charge on any atom is 0.325 e. The molecule has 1 amide bonds. The summed E-state index contributed by atoms with van der Waals surface area (Å²) in [5, 5.41) is 1.17. The summed E-state index contributed by atoms with van der Waals surface area (Å²) < 4.78 is 7.28. The first-order valence-electron chi connectivity index (χ1n) is 10.4. The highest BCUT2D eigenvalue weighted by Crippen LogP contribution is 2.27. The lowest BCUT2D eigenvalue weighted by Gasteiger charge is -2.08. The average Bonchev–Trinajstić information content (AvgIpc) is 3.21.